The van der Waals surface area contributed by atoms with Crippen LogP contribution in [0.5, 0.6) is 0 Å². The molecule has 2 N–H and O–H groups in total. The molecule has 0 bridgehead atoms. The number of fused-ring (bicyclic) bond motifs is 1. The fourth-order valence-corrected chi connectivity index (χ4v) is 2.62. The number of benzene rings is 2. The van der Waals surface area contributed by atoms with E-state index in [0.29, 0.717) is 28.8 Å². The van der Waals surface area contributed by atoms with E-state index in [0.717, 1.165) is 17.5 Å². The van der Waals surface area contributed by atoms with Crippen LogP contribution in [-0.4, -0.2) is 39.7 Å². The number of hydrogen-bond donors (Lipinski definition) is 2. The van der Waals surface area contributed by atoms with E-state index in [2.05, 4.69) is 4.98 Å². The predicted molar refractivity (Wildman–Crippen MR) is 96.9 cm³/mol. The van der Waals surface area contributed by atoms with Gasteiger partial charge in [0.15, 0.2) is 0 Å². The van der Waals surface area contributed by atoms with Crippen LogP contribution in [-0.2, 0) is 10.4 Å². The maximum atomic E-state index is 12.9. The Labute approximate surface area is 178 Å². The fraction of sp³-hybridized carbons (Fsp3) is 0.200. The monoisotopic (exact) mass is 485 g/mol. The molecule has 178 valence electrons. The Kier molecular flexibility index (Phi) is 6.98. The molecule has 0 amide bonds. The summed E-state index contributed by atoms with van der Waals surface area (Å²) in [6, 6.07) is 12.3. The van der Waals surface area contributed by atoms with E-state index in [9.17, 15) is 44.6 Å². The number of para-hydroxylation sites is 1. The van der Waals surface area contributed by atoms with Crippen LogP contribution in [0.15, 0.2) is 60.8 Å². The molecule has 3 rings (SSSR count). The molecule has 4 nitrogen and oxygen atoms in total. The van der Waals surface area contributed by atoms with Gasteiger partial charge < -0.3 is 10.2 Å². The van der Waals surface area contributed by atoms with Crippen molar-refractivity contribution in [3.63, 3.8) is 0 Å². The molecule has 0 saturated carbocycles. The number of carboxylic acid groups (broad SMARTS) is 1. The molecule has 1 aromatic heterocycles. The summed E-state index contributed by atoms with van der Waals surface area (Å²) in [4.78, 5) is 13.1. The van der Waals surface area contributed by atoms with Crippen molar-refractivity contribution < 1.29 is 54.5 Å². The molecule has 0 saturated heterocycles. The minimum Gasteiger partial charge on any atom is -0.475 e. The van der Waals surface area contributed by atoms with Gasteiger partial charge in [0.25, 0.3) is 5.60 Å². The summed E-state index contributed by atoms with van der Waals surface area (Å²) in [7, 11) is 0. The van der Waals surface area contributed by atoms with Gasteiger partial charge in [0.2, 0.25) is 0 Å². The van der Waals surface area contributed by atoms with Crippen molar-refractivity contribution in [3.8, 4) is 11.1 Å². The van der Waals surface area contributed by atoms with E-state index >= 15 is 0 Å². The van der Waals surface area contributed by atoms with Crippen molar-refractivity contribution >= 4 is 16.9 Å². The number of halogens is 9. The molecule has 0 fully saturated rings. The lowest BCUT2D eigenvalue weighted by Gasteiger charge is -2.32. The number of carboxylic acids is 1. The highest BCUT2D eigenvalue weighted by atomic mass is 19.4. The van der Waals surface area contributed by atoms with Gasteiger partial charge in [-0.05, 0) is 17.7 Å². The first-order valence-electron chi connectivity index (χ1n) is 8.60. The summed E-state index contributed by atoms with van der Waals surface area (Å²) >= 11 is 0. The lowest BCUT2D eigenvalue weighted by Crippen LogP contribution is -2.53. The smallest absolute Gasteiger partial charge is 0.475 e. The van der Waals surface area contributed by atoms with Crippen LogP contribution in [0, 0.1) is 0 Å². The number of carbonyl (C=O) groups is 1. The molecule has 0 aliphatic heterocycles. The van der Waals surface area contributed by atoms with E-state index in [4.69, 9.17) is 9.90 Å². The molecule has 0 aliphatic carbocycles. The Morgan fingerprint density at radius 3 is 1.70 bits per heavy atom. The van der Waals surface area contributed by atoms with Gasteiger partial charge in [-0.15, -0.1) is 0 Å². The van der Waals surface area contributed by atoms with Gasteiger partial charge in [-0.3, -0.25) is 4.98 Å². The van der Waals surface area contributed by atoms with E-state index < -0.39 is 35.7 Å². The van der Waals surface area contributed by atoms with Crippen LogP contribution >= 0.6 is 0 Å². The molecule has 0 aliphatic rings. The van der Waals surface area contributed by atoms with Crippen LogP contribution in [0.3, 0.4) is 0 Å². The average molecular weight is 485 g/mol. The minimum atomic E-state index is -5.91. The first-order valence-corrected chi connectivity index (χ1v) is 8.60. The predicted octanol–water partition coefficient (Wildman–Crippen LogP) is 5.85. The van der Waals surface area contributed by atoms with Crippen LogP contribution < -0.4 is 0 Å². The number of rotatable bonds is 2. The lowest BCUT2D eigenvalue weighted by atomic mass is 9.91. The van der Waals surface area contributed by atoms with Crippen molar-refractivity contribution in [2.75, 3.05) is 0 Å². The SMILES string of the molecule is O=C(O)C(F)(F)F.OC(c1ccc(-c2cnc3ccccc3c2)cc1)(C(F)(F)F)C(F)(F)F. The fourth-order valence-electron chi connectivity index (χ4n) is 2.62. The number of alkyl halides is 9. The van der Waals surface area contributed by atoms with Crippen molar-refractivity contribution in [2.24, 2.45) is 0 Å². The Morgan fingerprint density at radius 1 is 0.758 bits per heavy atom. The zero-order valence-electron chi connectivity index (χ0n) is 15.9. The Hall–Kier alpha value is -3.35. The summed E-state index contributed by atoms with van der Waals surface area (Å²) < 4.78 is 109. The molecule has 0 atom stereocenters. The highest BCUT2D eigenvalue weighted by molar-refractivity contribution is 5.83. The number of pyridine rings is 1. The number of aromatic nitrogens is 1. The number of hydrogen-bond acceptors (Lipinski definition) is 3. The van der Waals surface area contributed by atoms with Gasteiger partial charge in [-0.2, -0.15) is 39.5 Å². The summed E-state index contributed by atoms with van der Waals surface area (Å²) in [5.74, 6) is -2.76. The standard InChI is InChI=1S/C18H11F6NO.C2HF3O2/c19-17(20,21)16(26,18(22,23)24)14-7-5-11(6-8-14)13-9-12-3-1-2-4-15(12)25-10-13;3-2(4,5)1(6)7/h1-10,26H;(H,6,7). The average Bonchev–Trinajstić information content (AvgIpc) is 2.71. The summed E-state index contributed by atoms with van der Waals surface area (Å²) in [6.45, 7) is 0. The van der Waals surface area contributed by atoms with E-state index in [-0.39, 0.29) is 0 Å². The third kappa shape index (κ3) is 5.53. The largest absolute Gasteiger partial charge is 0.490 e. The van der Waals surface area contributed by atoms with E-state index in [1.165, 1.54) is 6.20 Å². The zero-order chi connectivity index (χ0) is 25.2. The molecule has 0 unspecified atom stereocenters. The van der Waals surface area contributed by atoms with Gasteiger partial charge in [0.05, 0.1) is 5.52 Å². The van der Waals surface area contributed by atoms with Crippen molar-refractivity contribution in [3.05, 3.63) is 66.4 Å². The van der Waals surface area contributed by atoms with Crippen LogP contribution in [0.25, 0.3) is 22.0 Å². The third-order valence-corrected chi connectivity index (χ3v) is 4.29. The second kappa shape index (κ2) is 8.89. The van der Waals surface area contributed by atoms with Crippen molar-refractivity contribution in [2.45, 2.75) is 24.1 Å². The van der Waals surface area contributed by atoms with Gasteiger partial charge in [0.1, 0.15) is 0 Å². The van der Waals surface area contributed by atoms with Gasteiger partial charge >= 0.3 is 24.5 Å². The highest BCUT2D eigenvalue weighted by Crippen LogP contribution is 2.50. The minimum absolute atomic E-state index is 0.374. The number of aliphatic hydroxyl groups is 1. The molecule has 33 heavy (non-hydrogen) atoms. The third-order valence-electron chi connectivity index (χ3n) is 4.29. The van der Waals surface area contributed by atoms with Gasteiger partial charge in [-0.1, -0.05) is 42.5 Å². The van der Waals surface area contributed by atoms with E-state index in [1.54, 1.807) is 30.3 Å². The van der Waals surface area contributed by atoms with E-state index in [1.807, 2.05) is 0 Å². The Balaban J connectivity index is 0.000000479. The van der Waals surface area contributed by atoms with Crippen LogP contribution in [0.4, 0.5) is 39.5 Å². The zero-order valence-corrected chi connectivity index (χ0v) is 15.9. The van der Waals surface area contributed by atoms with Crippen LogP contribution in [0.2, 0.25) is 0 Å². The maximum Gasteiger partial charge on any atom is 0.490 e. The second-order valence-electron chi connectivity index (χ2n) is 6.50. The summed E-state index contributed by atoms with van der Waals surface area (Å²) in [5.41, 5.74) is -4.62. The molecular weight excluding hydrogens is 473 g/mol. The first-order chi connectivity index (χ1) is 15.0. The first kappa shape index (κ1) is 25.9. The summed E-state index contributed by atoms with van der Waals surface area (Å²) in [5, 5.41) is 17.3. The van der Waals surface area contributed by atoms with Crippen LogP contribution in [0.1, 0.15) is 5.56 Å². The van der Waals surface area contributed by atoms with Gasteiger partial charge in [0, 0.05) is 22.7 Å². The lowest BCUT2D eigenvalue weighted by molar-refractivity contribution is -0.376. The maximum absolute atomic E-state index is 12.9. The molecular formula is C20H12F9NO3. The normalized spacial score (nSPS) is 12.8. The molecule has 2 aromatic carbocycles. The van der Waals surface area contributed by atoms with Crippen molar-refractivity contribution in [1.29, 1.82) is 0 Å². The topological polar surface area (TPSA) is 70.4 Å². The Bertz CT molecular complexity index is 1110. The number of aliphatic carboxylic acids is 1. The molecule has 0 radical (unpaired) electrons. The second-order valence-corrected chi connectivity index (χ2v) is 6.50. The number of nitrogens with zero attached hydrogens (tertiary/aromatic N) is 1. The summed E-state index contributed by atoms with van der Waals surface area (Å²) in [6.07, 6.45) is -15.4. The van der Waals surface area contributed by atoms with Crippen molar-refractivity contribution in [1.82, 2.24) is 4.98 Å². The molecule has 1 heterocycles. The highest BCUT2D eigenvalue weighted by Gasteiger charge is 2.71. The molecule has 13 heteroatoms. The Morgan fingerprint density at radius 2 is 1.24 bits per heavy atom. The van der Waals surface area contributed by atoms with Gasteiger partial charge in [-0.25, -0.2) is 4.79 Å². The quantitative estimate of drug-likeness (QED) is 0.447. The molecule has 0 spiro atoms. The molecule has 3 aromatic rings.